The molecule has 0 aromatic rings. The molecular formula is C7H13NO4. The lowest BCUT2D eigenvalue weighted by molar-refractivity contribution is -0.486. The highest BCUT2D eigenvalue weighted by molar-refractivity contribution is 5.70. The number of carboxylic acids is 1. The van der Waals surface area contributed by atoms with E-state index in [1.807, 2.05) is 13.8 Å². The van der Waals surface area contributed by atoms with Crippen LogP contribution in [0.1, 0.15) is 20.3 Å². The van der Waals surface area contributed by atoms with Crippen LogP contribution in [0.4, 0.5) is 0 Å². The molecule has 0 fully saturated rings. The molecule has 0 unspecified atom stereocenters. The molecule has 0 aromatic carbocycles. The maximum absolute atomic E-state index is 10.5. The van der Waals surface area contributed by atoms with Gasteiger partial charge in [-0.1, -0.05) is 13.8 Å². The van der Waals surface area contributed by atoms with Crippen molar-refractivity contribution in [3.05, 3.63) is 10.1 Å². The van der Waals surface area contributed by atoms with E-state index in [9.17, 15) is 14.9 Å². The molecule has 0 saturated heterocycles. The second kappa shape index (κ2) is 4.69. The average Bonchev–Trinajstić information content (AvgIpc) is 1.83. The smallest absolute Gasteiger partial charge is 0.313 e. The molecule has 12 heavy (non-hydrogen) atoms. The van der Waals surface area contributed by atoms with Gasteiger partial charge in [-0.3, -0.25) is 14.9 Å². The monoisotopic (exact) mass is 175 g/mol. The molecule has 5 heteroatoms. The van der Waals surface area contributed by atoms with Crippen molar-refractivity contribution < 1.29 is 14.8 Å². The van der Waals surface area contributed by atoms with E-state index >= 15 is 0 Å². The van der Waals surface area contributed by atoms with Gasteiger partial charge in [-0.2, -0.15) is 0 Å². The number of rotatable bonds is 5. The summed E-state index contributed by atoms with van der Waals surface area (Å²) in [6, 6.07) is 0. The normalized spacial score (nSPS) is 12.9. The Kier molecular flexibility index (Phi) is 4.25. The minimum Gasteiger partial charge on any atom is -0.481 e. The van der Waals surface area contributed by atoms with E-state index in [1.165, 1.54) is 0 Å². The number of nitro groups is 1. The van der Waals surface area contributed by atoms with Gasteiger partial charge in [0.05, 0.1) is 0 Å². The Morgan fingerprint density at radius 3 is 2.33 bits per heavy atom. The highest BCUT2D eigenvalue weighted by Gasteiger charge is 2.23. The molecule has 0 aromatic heterocycles. The van der Waals surface area contributed by atoms with E-state index < -0.39 is 23.4 Å². The van der Waals surface area contributed by atoms with E-state index in [0.29, 0.717) is 6.42 Å². The Bertz CT molecular complexity index is 178. The van der Waals surface area contributed by atoms with Crippen molar-refractivity contribution in [2.24, 2.45) is 11.8 Å². The Balaban J connectivity index is 4.04. The van der Waals surface area contributed by atoms with Crippen molar-refractivity contribution in [2.45, 2.75) is 20.3 Å². The van der Waals surface area contributed by atoms with Gasteiger partial charge in [-0.05, 0) is 12.3 Å². The summed E-state index contributed by atoms with van der Waals surface area (Å²) >= 11 is 0. The molecule has 0 spiro atoms. The summed E-state index contributed by atoms with van der Waals surface area (Å²) < 4.78 is 0. The number of hydrogen-bond donors (Lipinski definition) is 1. The molecule has 0 saturated carbocycles. The predicted octanol–water partition coefficient (Wildman–Crippen LogP) is 1.01. The predicted molar refractivity (Wildman–Crippen MR) is 42.4 cm³/mol. The van der Waals surface area contributed by atoms with Gasteiger partial charge in [0.25, 0.3) is 0 Å². The zero-order chi connectivity index (χ0) is 9.72. The van der Waals surface area contributed by atoms with Crippen molar-refractivity contribution in [2.75, 3.05) is 6.54 Å². The lowest BCUT2D eigenvalue weighted by atomic mass is 9.97. The van der Waals surface area contributed by atoms with Crippen LogP contribution in [-0.2, 0) is 4.79 Å². The zero-order valence-electron chi connectivity index (χ0n) is 7.19. The van der Waals surface area contributed by atoms with Crippen LogP contribution in [0, 0.1) is 22.0 Å². The van der Waals surface area contributed by atoms with Crippen molar-refractivity contribution in [3.63, 3.8) is 0 Å². The van der Waals surface area contributed by atoms with Crippen LogP contribution in [0.5, 0.6) is 0 Å². The largest absolute Gasteiger partial charge is 0.481 e. The Morgan fingerprint density at radius 2 is 2.08 bits per heavy atom. The standard InChI is InChI=1S/C7H13NO4/c1-5(2)3-6(7(9)10)4-8(11)12/h5-6H,3-4H2,1-2H3,(H,9,10)/t6-/m1/s1. The average molecular weight is 175 g/mol. The topological polar surface area (TPSA) is 80.4 Å². The summed E-state index contributed by atoms with van der Waals surface area (Å²) in [5, 5.41) is 18.6. The fraction of sp³-hybridized carbons (Fsp3) is 0.857. The quantitative estimate of drug-likeness (QED) is 0.499. The molecule has 0 aliphatic carbocycles. The second-order valence-electron chi connectivity index (χ2n) is 3.18. The van der Waals surface area contributed by atoms with Crippen LogP contribution < -0.4 is 0 Å². The minimum atomic E-state index is -1.08. The van der Waals surface area contributed by atoms with Gasteiger partial charge in [0, 0.05) is 4.92 Å². The van der Waals surface area contributed by atoms with Crippen LogP contribution in [-0.4, -0.2) is 22.5 Å². The molecule has 0 amide bonds. The van der Waals surface area contributed by atoms with Crippen molar-refractivity contribution in [1.29, 1.82) is 0 Å². The number of nitrogens with zero attached hydrogens (tertiary/aromatic N) is 1. The first-order chi connectivity index (χ1) is 5.43. The highest BCUT2D eigenvalue weighted by Crippen LogP contribution is 2.11. The van der Waals surface area contributed by atoms with Crippen molar-refractivity contribution >= 4 is 5.97 Å². The summed E-state index contributed by atoms with van der Waals surface area (Å²) in [7, 11) is 0. The Labute approximate surface area is 70.5 Å². The Hall–Kier alpha value is -1.13. The molecule has 1 N–H and O–H groups in total. The summed E-state index contributed by atoms with van der Waals surface area (Å²) in [6.07, 6.45) is 0.357. The van der Waals surface area contributed by atoms with Gasteiger partial charge in [-0.15, -0.1) is 0 Å². The van der Waals surface area contributed by atoms with Gasteiger partial charge in [0.15, 0.2) is 0 Å². The molecule has 0 radical (unpaired) electrons. The number of carboxylic acid groups (broad SMARTS) is 1. The highest BCUT2D eigenvalue weighted by atomic mass is 16.6. The molecule has 0 bridgehead atoms. The van der Waals surface area contributed by atoms with E-state index in [0.717, 1.165) is 0 Å². The summed E-state index contributed by atoms with van der Waals surface area (Å²) in [4.78, 5) is 19.9. The number of hydrogen-bond acceptors (Lipinski definition) is 3. The molecule has 0 aliphatic rings. The van der Waals surface area contributed by atoms with E-state index in [4.69, 9.17) is 5.11 Å². The molecule has 0 rings (SSSR count). The SMILES string of the molecule is CC(C)C[C@H](C[N+](=O)[O-])C(=O)O. The summed E-state index contributed by atoms with van der Waals surface area (Å²) in [6.45, 7) is 3.21. The lowest BCUT2D eigenvalue weighted by Gasteiger charge is -2.09. The molecule has 1 atom stereocenters. The first-order valence-corrected chi connectivity index (χ1v) is 3.78. The van der Waals surface area contributed by atoms with E-state index in [1.54, 1.807) is 0 Å². The first kappa shape index (κ1) is 10.9. The van der Waals surface area contributed by atoms with Crippen LogP contribution in [0.15, 0.2) is 0 Å². The maximum atomic E-state index is 10.5. The molecular weight excluding hydrogens is 162 g/mol. The van der Waals surface area contributed by atoms with Crippen molar-refractivity contribution in [3.8, 4) is 0 Å². The zero-order valence-corrected chi connectivity index (χ0v) is 7.19. The maximum Gasteiger partial charge on any atom is 0.313 e. The number of carbonyl (C=O) groups is 1. The van der Waals surface area contributed by atoms with Gasteiger partial charge >= 0.3 is 5.97 Å². The van der Waals surface area contributed by atoms with Crippen LogP contribution in [0.25, 0.3) is 0 Å². The first-order valence-electron chi connectivity index (χ1n) is 3.78. The molecule has 0 aliphatic heterocycles. The van der Waals surface area contributed by atoms with Gasteiger partial charge < -0.3 is 5.11 Å². The minimum absolute atomic E-state index is 0.172. The van der Waals surface area contributed by atoms with Crippen molar-refractivity contribution in [1.82, 2.24) is 0 Å². The summed E-state index contributed by atoms with van der Waals surface area (Å²) in [5.74, 6) is -1.76. The number of aliphatic carboxylic acids is 1. The lowest BCUT2D eigenvalue weighted by Crippen LogP contribution is -2.24. The van der Waals surface area contributed by atoms with Crippen LogP contribution in [0.2, 0.25) is 0 Å². The second-order valence-corrected chi connectivity index (χ2v) is 3.18. The molecule has 0 heterocycles. The molecule has 70 valence electrons. The van der Waals surface area contributed by atoms with Crippen LogP contribution in [0.3, 0.4) is 0 Å². The fourth-order valence-corrected chi connectivity index (χ4v) is 1.00. The third-order valence-corrected chi connectivity index (χ3v) is 1.47. The summed E-state index contributed by atoms with van der Waals surface area (Å²) in [5.41, 5.74) is 0. The Morgan fingerprint density at radius 1 is 1.58 bits per heavy atom. The third kappa shape index (κ3) is 4.65. The van der Waals surface area contributed by atoms with E-state index in [-0.39, 0.29) is 5.92 Å². The van der Waals surface area contributed by atoms with Crippen LogP contribution >= 0.6 is 0 Å². The fourth-order valence-electron chi connectivity index (χ4n) is 1.00. The van der Waals surface area contributed by atoms with Gasteiger partial charge in [0.2, 0.25) is 6.54 Å². The third-order valence-electron chi connectivity index (χ3n) is 1.47. The molecule has 5 nitrogen and oxygen atoms in total. The van der Waals surface area contributed by atoms with E-state index in [2.05, 4.69) is 0 Å². The van der Waals surface area contributed by atoms with Gasteiger partial charge in [0.1, 0.15) is 5.92 Å². The van der Waals surface area contributed by atoms with Gasteiger partial charge in [-0.25, -0.2) is 0 Å².